The van der Waals surface area contributed by atoms with Crippen LogP contribution in [-0.2, 0) is 0 Å². The minimum absolute atomic E-state index is 0.660. The molecule has 24 heavy (non-hydrogen) atoms. The van der Waals surface area contributed by atoms with Crippen LogP contribution in [0, 0.1) is 0 Å². The Hall–Kier alpha value is -2.30. The summed E-state index contributed by atoms with van der Waals surface area (Å²) in [5.41, 5.74) is 2.96. The third-order valence-corrected chi connectivity index (χ3v) is 4.24. The molecule has 2 N–H and O–H groups in total. The van der Waals surface area contributed by atoms with E-state index >= 15 is 0 Å². The molecule has 0 amide bonds. The van der Waals surface area contributed by atoms with Crippen LogP contribution in [0.1, 0.15) is 46.0 Å². The minimum Gasteiger partial charge on any atom is -0.494 e. The van der Waals surface area contributed by atoms with Gasteiger partial charge in [-0.3, -0.25) is 0 Å². The molecule has 2 heterocycles. The number of unbranched alkanes of at least 4 members (excludes halogenated alkanes) is 4. The zero-order valence-electron chi connectivity index (χ0n) is 14.6. The number of ether oxygens (including phenoxy) is 1. The molecule has 5 nitrogen and oxygen atoms in total. The number of rotatable bonds is 9. The van der Waals surface area contributed by atoms with Crippen LogP contribution < -0.4 is 10.1 Å². The Morgan fingerprint density at radius 2 is 1.96 bits per heavy atom. The van der Waals surface area contributed by atoms with Gasteiger partial charge in [0.1, 0.15) is 23.1 Å². The Morgan fingerprint density at radius 1 is 1.08 bits per heavy atom. The third-order valence-electron chi connectivity index (χ3n) is 4.24. The Bertz CT molecular complexity index is 797. The van der Waals surface area contributed by atoms with Gasteiger partial charge in [0.25, 0.3) is 0 Å². The maximum Gasteiger partial charge on any atom is 0.153 e. The van der Waals surface area contributed by atoms with Crippen molar-refractivity contribution in [3.05, 3.63) is 24.5 Å². The molecule has 5 heteroatoms. The zero-order chi connectivity index (χ0) is 16.8. The summed E-state index contributed by atoms with van der Waals surface area (Å²) >= 11 is 0. The largest absolute Gasteiger partial charge is 0.494 e. The van der Waals surface area contributed by atoms with E-state index in [1.807, 2.05) is 25.1 Å². The van der Waals surface area contributed by atoms with E-state index in [2.05, 4.69) is 27.2 Å². The summed E-state index contributed by atoms with van der Waals surface area (Å²) in [7, 11) is 0. The fourth-order valence-electron chi connectivity index (χ4n) is 3.00. The van der Waals surface area contributed by atoms with E-state index in [1.54, 1.807) is 6.33 Å². The van der Waals surface area contributed by atoms with Crippen molar-refractivity contribution in [1.29, 1.82) is 0 Å². The number of hydrogen-bond donors (Lipinski definition) is 2. The van der Waals surface area contributed by atoms with E-state index in [-0.39, 0.29) is 0 Å². The SMILES string of the molecule is CCCCCCCNc1ncnc2c1[nH]c1ccc(OCC)cc12. The summed E-state index contributed by atoms with van der Waals surface area (Å²) < 4.78 is 5.60. The van der Waals surface area contributed by atoms with Crippen LogP contribution in [0.15, 0.2) is 24.5 Å². The number of aromatic nitrogens is 3. The number of aromatic amines is 1. The van der Waals surface area contributed by atoms with Crippen LogP contribution >= 0.6 is 0 Å². The average Bonchev–Trinajstić information content (AvgIpc) is 2.97. The van der Waals surface area contributed by atoms with E-state index in [0.717, 1.165) is 40.0 Å². The molecule has 0 spiro atoms. The second kappa shape index (κ2) is 7.99. The number of nitrogens with zero attached hydrogens (tertiary/aromatic N) is 2. The van der Waals surface area contributed by atoms with Gasteiger partial charge in [0, 0.05) is 17.4 Å². The molecule has 2 aromatic heterocycles. The van der Waals surface area contributed by atoms with Gasteiger partial charge in [-0.1, -0.05) is 32.6 Å². The summed E-state index contributed by atoms with van der Waals surface area (Å²) in [6.45, 7) is 5.83. The Morgan fingerprint density at radius 3 is 2.79 bits per heavy atom. The molecular formula is C19H26N4O. The van der Waals surface area contributed by atoms with Gasteiger partial charge in [-0.25, -0.2) is 9.97 Å². The molecule has 0 aliphatic heterocycles. The summed E-state index contributed by atoms with van der Waals surface area (Å²) in [5.74, 6) is 1.75. The fraction of sp³-hybridized carbons (Fsp3) is 0.474. The van der Waals surface area contributed by atoms with Crippen molar-refractivity contribution in [3.63, 3.8) is 0 Å². The maximum atomic E-state index is 5.60. The maximum absolute atomic E-state index is 5.60. The van der Waals surface area contributed by atoms with Gasteiger partial charge in [-0.15, -0.1) is 0 Å². The second-order valence-electron chi connectivity index (χ2n) is 6.05. The fourth-order valence-corrected chi connectivity index (χ4v) is 3.00. The first-order valence-electron chi connectivity index (χ1n) is 8.96. The van der Waals surface area contributed by atoms with E-state index in [9.17, 15) is 0 Å². The number of nitrogens with one attached hydrogen (secondary N) is 2. The Balaban J connectivity index is 1.78. The highest BCUT2D eigenvalue weighted by molar-refractivity contribution is 6.08. The lowest BCUT2D eigenvalue weighted by molar-refractivity contribution is 0.341. The molecule has 0 aliphatic carbocycles. The highest BCUT2D eigenvalue weighted by atomic mass is 16.5. The lowest BCUT2D eigenvalue weighted by atomic mass is 10.1. The smallest absolute Gasteiger partial charge is 0.153 e. The summed E-state index contributed by atoms with van der Waals surface area (Å²) in [4.78, 5) is 12.3. The van der Waals surface area contributed by atoms with Crippen molar-refractivity contribution in [3.8, 4) is 5.75 Å². The lowest BCUT2D eigenvalue weighted by Crippen LogP contribution is -2.04. The predicted molar refractivity (Wildman–Crippen MR) is 99.8 cm³/mol. The third kappa shape index (κ3) is 3.61. The standard InChI is InChI=1S/C19H26N4O/c1-3-5-6-7-8-11-20-19-18-17(21-13-22-19)15-12-14(24-4-2)9-10-16(15)23-18/h9-10,12-13,23H,3-8,11H2,1-2H3,(H,20,21,22). The van der Waals surface area contributed by atoms with Crippen LogP contribution in [0.3, 0.4) is 0 Å². The zero-order valence-corrected chi connectivity index (χ0v) is 14.6. The van der Waals surface area contributed by atoms with Crippen LogP contribution in [-0.4, -0.2) is 28.1 Å². The van der Waals surface area contributed by atoms with Crippen molar-refractivity contribution in [1.82, 2.24) is 15.0 Å². The number of H-pyrrole nitrogens is 1. The van der Waals surface area contributed by atoms with E-state index < -0.39 is 0 Å². The first kappa shape index (κ1) is 16.6. The van der Waals surface area contributed by atoms with Gasteiger partial charge < -0.3 is 15.0 Å². The van der Waals surface area contributed by atoms with Crippen LogP contribution in [0.25, 0.3) is 21.9 Å². The molecular weight excluding hydrogens is 300 g/mol. The molecule has 0 saturated carbocycles. The average molecular weight is 326 g/mol. The molecule has 3 aromatic rings. The first-order valence-corrected chi connectivity index (χ1v) is 8.96. The van der Waals surface area contributed by atoms with Crippen molar-refractivity contribution in [2.24, 2.45) is 0 Å². The molecule has 0 aliphatic rings. The summed E-state index contributed by atoms with van der Waals surface area (Å²) in [6.07, 6.45) is 7.97. The molecule has 1 aromatic carbocycles. The molecule has 3 rings (SSSR count). The van der Waals surface area contributed by atoms with E-state index in [4.69, 9.17) is 4.74 Å². The Labute approximate surface area is 142 Å². The van der Waals surface area contributed by atoms with Gasteiger partial charge in [-0.2, -0.15) is 0 Å². The van der Waals surface area contributed by atoms with Gasteiger partial charge >= 0.3 is 0 Å². The number of anilines is 1. The molecule has 0 saturated heterocycles. The topological polar surface area (TPSA) is 62.8 Å². The van der Waals surface area contributed by atoms with Gasteiger partial charge in [-0.05, 0) is 31.5 Å². The quantitative estimate of drug-likeness (QED) is 0.549. The molecule has 0 bridgehead atoms. The number of benzene rings is 1. The van der Waals surface area contributed by atoms with Crippen molar-refractivity contribution in [2.45, 2.75) is 46.0 Å². The highest BCUT2D eigenvalue weighted by Crippen LogP contribution is 2.30. The first-order chi connectivity index (χ1) is 11.8. The second-order valence-corrected chi connectivity index (χ2v) is 6.05. The minimum atomic E-state index is 0.660. The number of hydrogen-bond acceptors (Lipinski definition) is 4. The van der Waals surface area contributed by atoms with Crippen molar-refractivity contribution in [2.75, 3.05) is 18.5 Å². The molecule has 128 valence electrons. The molecule has 0 atom stereocenters. The van der Waals surface area contributed by atoms with Crippen LogP contribution in [0.2, 0.25) is 0 Å². The number of fused-ring (bicyclic) bond motifs is 3. The predicted octanol–water partition coefficient (Wildman–Crippen LogP) is 4.89. The van der Waals surface area contributed by atoms with Gasteiger partial charge in [0.05, 0.1) is 6.61 Å². The summed E-state index contributed by atoms with van der Waals surface area (Å²) in [5, 5.41) is 4.53. The normalized spacial score (nSPS) is 11.2. The molecule has 0 unspecified atom stereocenters. The van der Waals surface area contributed by atoms with Gasteiger partial charge in [0.15, 0.2) is 5.82 Å². The Kier molecular flexibility index (Phi) is 5.51. The lowest BCUT2D eigenvalue weighted by Gasteiger charge is -2.06. The molecule has 0 fully saturated rings. The van der Waals surface area contributed by atoms with Crippen LogP contribution in [0.5, 0.6) is 5.75 Å². The van der Waals surface area contributed by atoms with Gasteiger partial charge in [0.2, 0.25) is 0 Å². The van der Waals surface area contributed by atoms with E-state index in [0.29, 0.717) is 6.61 Å². The highest BCUT2D eigenvalue weighted by Gasteiger charge is 2.11. The monoisotopic (exact) mass is 326 g/mol. The van der Waals surface area contributed by atoms with Crippen molar-refractivity contribution >= 4 is 27.8 Å². The van der Waals surface area contributed by atoms with Crippen molar-refractivity contribution < 1.29 is 4.74 Å². The summed E-state index contributed by atoms with van der Waals surface area (Å²) in [6, 6.07) is 6.06. The van der Waals surface area contributed by atoms with E-state index in [1.165, 1.54) is 32.1 Å². The van der Waals surface area contributed by atoms with Crippen LogP contribution in [0.4, 0.5) is 5.82 Å². The molecule has 0 radical (unpaired) electrons.